The Kier molecular flexibility index (Phi) is 9.02. The Bertz CT molecular complexity index is 1580. The maximum atomic E-state index is 13.2. The molecule has 0 bridgehead atoms. The molecule has 214 valence electrons. The average molecular weight is 588 g/mol. The minimum absolute atomic E-state index is 0.0305. The van der Waals surface area contributed by atoms with Gasteiger partial charge in [-0.2, -0.15) is 4.31 Å². The predicted octanol–water partition coefficient (Wildman–Crippen LogP) is 4.63. The molecule has 0 unspecified atom stereocenters. The molecule has 1 aliphatic rings. The monoisotopic (exact) mass is 587 g/mol. The quantitative estimate of drug-likeness (QED) is 0.373. The number of hydrogen-bond donors (Lipinski definition) is 2. The second kappa shape index (κ2) is 12.3. The summed E-state index contributed by atoms with van der Waals surface area (Å²) in [5.74, 6) is 0.277. The summed E-state index contributed by atoms with van der Waals surface area (Å²) in [7, 11) is -4.80. The third-order valence-corrected chi connectivity index (χ3v) is 10.0. The highest BCUT2D eigenvalue weighted by molar-refractivity contribution is 7.92. The van der Waals surface area contributed by atoms with Gasteiger partial charge in [0.25, 0.3) is 15.9 Å². The SMILES string of the molecule is COc1ccc(OC)c(NS(=O)(=O)c2ccc(NC(=O)c3cc(S(=O)(=O)N4CCCCCC4)ccc3C)cc2)c1. The first-order valence-corrected chi connectivity index (χ1v) is 15.7. The van der Waals surface area contributed by atoms with Crippen molar-refractivity contribution in [2.24, 2.45) is 0 Å². The highest BCUT2D eigenvalue weighted by Gasteiger charge is 2.26. The molecule has 3 aromatic carbocycles. The third-order valence-electron chi connectivity index (χ3n) is 6.73. The average Bonchev–Trinajstić information content (AvgIpc) is 3.23. The van der Waals surface area contributed by atoms with Gasteiger partial charge in [-0.15, -0.1) is 0 Å². The summed E-state index contributed by atoms with van der Waals surface area (Å²) in [6.07, 6.45) is 3.62. The lowest BCUT2D eigenvalue weighted by Gasteiger charge is -2.20. The molecule has 0 atom stereocenters. The van der Waals surface area contributed by atoms with E-state index in [0.29, 0.717) is 35.8 Å². The normalized spacial score (nSPS) is 14.7. The van der Waals surface area contributed by atoms with Crippen molar-refractivity contribution in [2.45, 2.75) is 42.4 Å². The van der Waals surface area contributed by atoms with Crippen LogP contribution in [-0.2, 0) is 20.0 Å². The topological polar surface area (TPSA) is 131 Å². The van der Waals surface area contributed by atoms with Crippen LogP contribution in [0.2, 0.25) is 0 Å². The van der Waals surface area contributed by atoms with Crippen LogP contribution in [-0.4, -0.2) is 54.4 Å². The number of rotatable bonds is 9. The molecule has 10 nitrogen and oxygen atoms in total. The van der Waals surface area contributed by atoms with Crippen molar-refractivity contribution >= 4 is 37.3 Å². The van der Waals surface area contributed by atoms with Crippen LogP contribution in [0.4, 0.5) is 11.4 Å². The zero-order chi connectivity index (χ0) is 28.9. The summed E-state index contributed by atoms with van der Waals surface area (Å²) in [6.45, 7) is 2.66. The van der Waals surface area contributed by atoms with Crippen LogP contribution in [0.1, 0.15) is 41.6 Å². The Morgan fingerprint density at radius 2 is 1.45 bits per heavy atom. The summed E-state index contributed by atoms with van der Waals surface area (Å²) in [4.78, 5) is 13.2. The van der Waals surface area contributed by atoms with Crippen molar-refractivity contribution in [1.29, 1.82) is 0 Å². The molecule has 0 saturated carbocycles. The number of carbonyl (C=O) groups is 1. The van der Waals surface area contributed by atoms with Crippen LogP contribution in [0.15, 0.2) is 70.5 Å². The van der Waals surface area contributed by atoms with Crippen molar-refractivity contribution < 1.29 is 31.1 Å². The summed E-state index contributed by atoms with van der Waals surface area (Å²) in [6, 6.07) is 14.9. The number of benzene rings is 3. The van der Waals surface area contributed by atoms with Gasteiger partial charge in [-0.3, -0.25) is 9.52 Å². The van der Waals surface area contributed by atoms with E-state index in [1.54, 1.807) is 25.1 Å². The van der Waals surface area contributed by atoms with Crippen LogP contribution < -0.4 is 19.5 Å². The van der Waals surface area contributed by atoms with Crippen LogP contribution in [0.5, 0.6) is 11.5 Å². The molecule has 1 saturated heterocycles. The van der Waals surface area contributed by atoms with Gasteiger partial charge in [0.2, 0.25) is 10.0 Å². The summed E-state index contributed by atoms with van der Waals surface area (Å²) < 4.78 is 66.9. The first-order valence-electron chi connectivity index (χ1n) is 12.8. The second-order valence-corrected chi connectivity index (χ2v) is 13.1. The second-order valence-electron chi connectivity index (χ2n) is 9.45. The molecule has 0 aromatic heterocycles. The van der Waals surface area contributed by atoms with Crippen LogP contribution in [0.3, 0.4) is 0 Å². The van der Waals surface area contributed by atoms with Gasteiger partial charge in [0.1, 0.15) is 11.5 Å². The van der Waals surface area contributed by atoms with E-state index in [-0.39, 0.29) is 21.0 Å². The van der Waals surface area contributed by atoms with Crippen LogP contribution >= 0.6 is 0 Å². The fourth-order valence-corrected chi connectivity index (χ4v) is 7.06. The molecule has 40 heavy (non-hydrogen) atoms. The van der Waals surface area contributed by atoms with E-state index < -0.39 is 26.0 Å². The van der Waals surface area contributed by atoms with Gasteiger partial charge >= 0.3 is 0 Å². The molecule has 1 aliphatic heterocycles. The summed E-state index contributed by atoms with van der Waals surface area (Å²) in [5.41, 5.74) is 1.40. The molecule has 12 heteroatoms. The highest BCUT2D eigenvalue weighted by atomic mass is 32.2. The molecule has 2 N–H and O–H groups in total. The maximum Gasteiger partial charge on any atom is 0.262 e. The number of carbonyl (C=O) groups excluding carboxylic acids is 1. The number of sulfonamides is 2. The fourth-order valence-electron chi connectivity index (χ4n) is 4.45. The number of aryl methyl sites for hydroxylation is 1. The number of amides is 1. The van der Waals surface area contributed by atoms with Gasteiger partial charge in [-0.25, -0.2) is 16.8 Å². The van der Waals surface area contributed by atoms with Crippen molar-refractivity contribution in [2.75, 3.05) is 37.3 Å². The van der Waals surface area contributed by atoms with Crippen molar-refractivity contribution in [3.05, 3.63) is 71.8 Å². The molecule has 0 aliphatic carbocycles. The first-order chi connectivity index (χ1) is 19.0. The van der Waals surface area contributed by atoms with Gasteiger partial charge in [-0.05, 0) is 73.9 Å². The van der Waals surface area contributed by atoms with Crippen molar-refractivity contribution in [3.8, 4) is 11.5 Å². The van der Waals surface area contributed by atoms with Crippen LogP contribution in [0, 0.1) is 6.92 Å². The van der Waals surface area contributed by atoms with E-state index in [1.807, 2.05) is 0 Å². The molecule has 0 spiro atoms. The first kappa shape index (κ1) is 29.4. The number of nitrogens with one attached hydrogen (secondary N) is 2. The van der Waals surface area contributed by atoms with E-state index in [1.165, 1.54) is 61.0 Å². The molecular formula is C28H33N3O7S2. The molecule has 1 amide bonds. The van der Waals surface area contributed by atoms with E-state index in [4.69, 9.17) is 9.47 Å². The Morgan fingerprint density at radius 1 is 0.800 bits per heavy atom. The van der Waals surface area contributed by atoms with E-state index >= 15 is 0 Å². The van der Waals surface area contributed by atoms with Gasteiger partial charge in [0.15, 0.2) is 0 Å². The highest BCUT2D eigenvalue weighted by Crippen LogP contribution is 2.31. The predicted molar refractivity (Wildman–Crippen MR) is 153 cm³/mol. The Morgan fingerprint density at radius 3 is 2.08 bits per heavy atom. The lowest BCUT2D eigenvalue weighted by molar-refractivity contribution is 0.102. The Labute approximate surface area is 235 Å². The van der Waals surface area contributed by atoms with Gasteiger partial charge in [-0.1, -0.05) is 18.9 Å². The van der Waals surface area contributed by atoms with E-state index in [2.05, 4.69) is 10.0 Å². The van der Waals surface area contributed by atoms with Crippen LogP contribution in [0.25, 0.3) is 0 Å². The zero-order valence-electron chi connectivity index (χ0n) is 22.6. The molecule has 1 heterocycles. The zero-order valence-corrected chi connectivity index (χ0v) is 24.3. The number of nitrogens with zero attached hydrogens (tertiary/aromatic N) is 1. The minimum Gasteiger partial charge on any atom is -0.497 e. The number of anilines is 2. The number of hydrogen-bond acceptors (Lipinski definition) is 7. The number of methoxy groups -OCH3 is 2. The Hall–Kier alpha value is -3.61. The number of ether oxygens (including phenoxy) is 2. The van der Waals surface area contributed by atoms with Crippen molar-refractivity contribution in [1.82, 2.24) is 4.31 Å². The molecule has 4 rings (SSSR count). The maximum absolute atomic E-state index is 13.2. The third kappa shape index (κ3) is 6.57. The lowest BCUT2D eigenvalue weighted by atomic mass is 10.1. The molecule has 0 radical (unpaired) electrons. The Balaban J connectivity index is 1.51. The fraction of sp³-hybridized carbons (Fsp3) is 0.321. The molecule has 1 fully saturated rings. The smallest absolute Gasteiger partial charge is 0.262 e. The minimum atomic E-state index is -3.98. The van der Waals surface area contributed by atoms with Gasteiger partial charge < -0.3 is 14.8 Å². The standard InChI is InChI=1S/C28H33N3O7S2/c1-20-8-12-24(40(35,36)31-16-6-4-5-7-17-31)19-25(20)28(32)29-21-9-13-23(14-10-21)39(33,34)30-26-18-22(37-2)11-15-27(26)38-3/h8-15,18-19,30H,4-7,16-17H2,1-3H3,(H,29,32). The van der Waals surface area contributed by atoms with E-state index in [9.17, 15) is 21.6 Å². The van der Waals surface area contributed by atoms with Crippen molar-refractivity contribution in [3.63, 3.8) is 0 Å². The summed E-state index contributed by atoms with van der Waals surface area (Å²) >= 11 is 0. The van der Waals surface area contributed by atoms with E-state index in [0.717, 1.165) is 25.7 Å². The molecular weight excluding hydrogens is 554 g/mol. The largest absolute Gasteiger partial charge is 0.497 e. The lowest BCUT2D eigenvalue weighted by Crippen LogP contribution is -2.32. The molecule has 3 aromatic rings. The van der Waals surface area contributed by atoms with Gasteiger partial charge in [0, 0.05) is 30.4 Å². The van der Waals surface area contributed by atoms with Gasteiger partial charge in [0.05, 0.1) is 29.7 Å². The summed E-state index contributed by atoms with van der Waals surface area (Å²) in [5, 5.41) is 2.73.